The van der Waals surface area contributed by atoms with Gasteiger partial charge in [-0.2, -0.15) is 4.31 Å². The zero-order chi connectivity index (χ0) is 19.4. The van der Waals surface area contributed by atoms with Gasteiger partial charge in [-0.15, -0.1) is 11.3 Å². The summed E-state index contributed by atoms with van der Waals surface area (Å²) < 4.78 is 36.6. The number of carbonyl (C=O) groups excluding carboxylic acids is 2. The fraction of sp³-hybridized carbons (Fsp3) is 0.412. The molecule has 0 aliphatic carbocycles. The molecule has 0 radical (unpaired) electrons. The first kappa shape index (κ1) is 19.6. The smallest absolute Gasteiger partial charge is 0.374 e. The Morgan fingerprint density at radius 2 is 1.93 bits per heavy atom. The van der Waals surface area contributed by atoms with Crippen molar-refractivity contribution in [1.29, 1.82) is 0 Å². The maximum atomic E-state index is 12.7. The average Bonchev–Trinajstić information content (AvgIpc) is 3.34. The van der Waals surface area contributed by atoms with E-state index in [9.17, 15) is 18.0 Å². The highest BCUT2D eigenvalue weighted by Gasteiger charge is 2.33. The lowest BCUT2D eigenvalue weighted by Gasteiger charge is -2.33. The van der Waals surface area contributed by atoms with Gasteiger partial charge in [-0.3, -0.25) is 4.79 Å². The van der Waals surface area contributed by atoms with Crippen LogP contribution in [0.3, 0.4) is 0 Å². The van der Waals surface area contributed by atoms with Gasteiger partial charge in [0.25, 0.3) is 10.0 Å². The quantitative estimate of drug-likeness (QED) is 0.669. The van der Waals surface area contributed by atoms with Crippen molar-refractivity contribution in [2.75, 3.05) is 32.8 Å². The first-order valence-corrected chi connectivity index (χ1v) is 10.8. The number of sulfonamides is 1. The molecule has 2 aromatic rings. The molecule has 1 aliphatic rings. The molecule has 0 bridgehead atoms. The molecule has 1 fully saturated rings. The highest BCUT2D eigenvalue weighted by molar-refractivity contribution is 7.89. The van der Waals surface area contributed by atoms with E-state index >= 15 is 0 Å². The fourth-order valence-electron chi connectivity index (χ4n) is 2.75. The molecule has 27 heavy (non-hydrogen) atoms. The first-order chi connectivity index (χ1) is 12.9. The van der Waals surface area contributed by atoms with Crippen LogP contribution in [-0.2, 0) is 26.0 Å². The van der Waals surface area contributed by atoms with Gasteiger partial charge < -0.3 is 14.1 Å². The molecule has 2 aromatic heterocycles. The third-order valence-electron chi connectivity index (χ3n) is 4.15. The molecule has 10 heteroatoms. The van der Waals surface area contributed by atoms with Crippen molar-refractivity contribution in [2.45, 2.75) is 18.4 Å². The van der Waals surface area contributed by atoms with Crippen LogP contribution in [0, 0.1) is 0 Å². The van der Waals surface area contributed by atoms with E-state index in [0.29, 0.717) is 19.5 Å². The van der Waals surface area contributed by atoms with Crippen molar-refractivity contribution in [3.8, 4) is 0 Å². The third-order valence-corrected chi connectivity index (χ3v) is 6.80. The number of carbonyl (C=O) groups is 2. The zero-order valence-corrected chi connectivity index (χ0v) is 16.4. The molecule has 8 nitrogen and oxygen atoms in total. The van der Waals surface area contributed by atoms with E-state index in [1.807, 2.05) is 17.5 Å². The molecule has 0 aromatic carbocycles. The number of hydrogen-bond donors (Lipinski definition) is 0. The molecule has 0 N–H and O–H groups in total. The molecular weight excluding hydrogens is 392 g/mol. The van der Waals surface area contributed by atoms with Crippen molar-refractivity contribution in [1.82, 2.24) is 9.21 Å². The van der Waals surface area contributed by atoms with Gasteiger partial charge in [0.15, 0.2) is 0 Å². The monoisotopic (exact) mass is 412 g/mol. The van der Waals surface area contributed by atoms with Crippen LogP contribution in [0.5, 0.6) is 0 Å². The Kier molecular flexibility index (Phi) is 5.98. The van der Waals surface area contributed by atoms with E-state index in [1.165, 1.54) is 27.8 Å². The number of piperazine rings is 1. The Hall–Kier alpha value is -2.17. The maximum Gasteiger partial charge on any atom is 0.374 e. The third kappa shape index (κ3) is 4.40. The molecular formula is C17H20N2O6S2. The lowest BCUT2D eigenvalue weighted by molar-refractivity contribution is -0.131. The fourth-order valence-corrected chi connectivity index (χ4v) is 4.78. The van der Waals surface area contributed by atoms with Crippen LogP contribution in [-0.4, -0.2) is 62.3 Å². The summed E-state index contributed by atoms with van der Waals surface area (Å²) in [6.07, 6.45) is 0.325. The molecule has 0 unspecified atom stereocenters. The van der Waals surface area contributed by atoms with Gasteiger partial charge in [0, 0.05) is 31.1 Å². The van der Waals surface area contributed by atoms with Gasteiger partial charge in [-0.1, -0.05) is 6.07 Å². The van der Waals surface area contributed by atoms with Gasteiger partial charge in [-0.05, 0) is 30.5 Å². The van der Waals surface area contributed by atoms with Crippen LogP contribution in [0.15, 0.2) is 39.2 Å². The van der Waals surface area contributed by atoms with Crippen molar-refractivity contribution >= 4 is 33.2 Å². The summed E-state index contributed by atoms with van der Waals surface area (Å²) in [6.45, 7) is 2.80. The van der Waals surface area contributed by atoms with Crippen LogP contribution >= 0.6 is 11.3 Å². The van der Waals surface area contributed by atoms with Crippen molar-refractivity contribution in [2.24, 2.45) is 0 Å². The van der Waals surface area contributed by atoms with Crippen LogP contribution < -0.4 is 0 Å². The first-order valence-electron chi connectivity index (χ1n) is 8.49. The Balaban J connectivity index is 1.61. The Morgan fingerprint density at radius 3 is 2.56 bits per heavy atom. The minimum atomic E-state index is -3.87. The molecule has 1 amide bonds. The average molecular weight is 412 g/mol. The van der Waals surface area contributed by atoms with Gasteiger partial charge in [-0.25, -0.2) is 13.2 Å². The minimum absolute atomic E-state index is 0.0166. The Labute approximate surface area is 161 Å². The summed E-state index contributed by atoms with van der Waals surface area (Å²) >= 11 is 1.52. The maximum absolute atomic E-state index is 12.7. The van der Waals surface area contributed by atoms with Crippen molar-refractivity contribution in [3.63, 3.8) is 0 Å². The van der Waals surface area contributed by atoms with E-state index in [0.717, 1.165) is 4.88 Å². The van der Waals surface area contributed by atoms with Crippen molar-refractivity contribution < 1.29 is 27.2 Å². The minimum Gasteiger partial charge on any atom is -0.460 e. The summed E-state index contributed by atoms with van der Waals surface area (Å²) in [5.74, 6) is -0.875. The lowest BCUT2D eigenvalue weighted by Crippen LogP contribution is -2.50. The van der Waals surface area contributed by atoms with Crippen LogP contribution in [0.4, 0.5) is 0 Å². The van der Waals surface area contributed by atoms with Gasteiger partial charge in [0.1, 0.15) is 0 Å². The molecule has 146 valence electrons. The zero-order valence-electron chi connectivity index (χ0n) is 14.8. The Morgan fingerprint density at radius 1 is 1.19 bits per heavy atom. The number of esters is 1. The summed E-state index contributed by atoms with van der Waals surface area (Å²) in [5, 5.41) is 1.62. The molecule has 0 spiro atoms. The topological polar surface area (TPSA) is 97.1 Å². The van der Waals surface area contributed by atoms with Crippen LogP contribution in [0.25, 0.3) is 0 Å². The summed E-state index contributed by atoms with van der Waals surface area (Å²) in [5.41, 5.74) is 0. The second-order valence-corrected chi connectivity index (χ2v) is 8.78. The van der Waals surface area contributed by atoms with Crippen molar-refractivity contribution in [3.05, 3.63) is 40.3 Å². The van der Waals surface area contributed by atoms with E-state index in [4.69, 9.17) is 9.15 Å². The van der Waals surface area contributed by atoms with Gasteiger partial charge in [0.05, 0.1) is 13.0 Å². The number of thiophene rings is 1. The number of amides is 1. The number of ether oxygens (including phenoxy) is 1. The highest BCUT2D eigenvalue weighted by atomic mass is 32.2. The predicted octanol–water partition coefficient (Wildman–Crippen LogP) is 1.59. The van der Waals surface area contributed by atoms with E-state index in [1.54, 1.807) is 11.8 Å². The SMILES string of the molecule is CCOC(=O)c1ccc(S(=O)(=O)N2CCN(C(=O)Cc3cccs3)CC2)o1. The molecule has 0 saturated carbocycles. The van der Waals surface area contributed by atoms with Crippen LogP contribution in [0.2, 0.25) is 0 Å². The number of nitrogens with zero attached hydrogens (tertiary/aromatic N) is 2. The number of hydrogen-bond acceptors (Lipinski definition) is 7. The molecule has 1 aliphatic heterocycles. The number of furan rings is 1. The van der Waals surface area contributed by atoms with Gasteiger partial charge in [0.2, 0.25) is 16.8 Å². The largest absolute Gasteiger partial charge is 0.460 e. The van der Waals surface area contributed by atoms with Gasteiger partial charge >= 0.3 is 5.97 Å². The summed E-state index contributed by atoms with van der Waals surface area (Å²) in [6, 6.07) is 6.33. The summed E-state index contributed by atoms with van der Waals surface area (Å²) in [4.78, 5) is 26.6. The highest BCUT2D eigenvalue weighted by Crippen LogP contribution is 2.21. The summed E-state index contributed by atoms with van der Waals surface area (Å²) in [7, 11) is -3.87. The standard InChI is InChI=1S/C17H20N2O6S2/c1-2-24-17(21)14-5-6-16(25-14)27(22,23)19-9-7-18(8-10-19)15(20)12-13-4-3-11-26-13/h3-6,11H,2,7-10,12H2,1H3. The van der Waals surface area contributed by atoms with E-state index in [2.05, 4.69) is 0 Å². The normalized spacial score (nSPS) is 15.7. The molecule has 1 saturated heterocycles. The molecule has 0 atom stereocenters. The van der Waals surface area contributed by atoms with E-state index in [-0.39, 0.29) is 36.5 Å². The Bertz CT molecular complexity index is 896. The second kappa shape index (κ2) is 8.24. The molecule has 3 rings (SSSR count). The number of rotatable bonds is 6. The lowest BCUT2D eigenvalue weighted by atomic mass is 10.3. The predicted molar refractivity (Wildman–Crippen MR) is 98.0 cm³/mol. The van der Waals surface area contributed by atoms with E-state index < -0.39 is 16.0 Å². The second-order valence-electron chi connectivity index (χ2n) is 5.88. The molecule has 3 heterocycles. The van der Waals surface area contributed by atoms with Crippen LogP contribution in [0.1, 0.15) is 22.4 Å².